The largest absolute Gasteiger partial charge is 0.384 e. The van der Waals surface area contributed by atoms with E-state index in [4.69, 9.17) is 4.74 Å². The third-order valence-electron chi connectivity index (χ3n) is 4.16. The molecule has 102 valence electrons. The van der Waals surface area contributed by atoms with Crippen LogP contribution >= 0.6 is 0 Å². The Morgan fingerprint density at radius 3 is 2.53 bits per heavy atom. The van der Waals surface area contributed by atoms with Gasteiger partial charge in [-0.2, -0.15) is 0 Å². The van der Waals surface area contributed by atoms with Crippen LogP contribution < -0.4 is 0 Å². The van der Waals surface area contributed by atoms with Crippen molar-refractivity contribution < 1.29 is 13.2 Å². The van der Waals surface area contributed by atoms with Crippen molar-refractivity contribution in [2.45, 2.75) is 51.2 Å². The summed E-state index contributed by atoms with van der Waals surface area (Å²) in [4.78, 5) is 0. The average Bonchev–Trinajstić information content (AvgIpc) is 2.35. The summed E-state index contributed by atoms with van der Waals surface area (Å²) in [7, 11) is -1.42. The second-order valence-electron chi connectivity index (χ2n) is 5.23. The highest BCUT2D eigenvalue weighted by Gasteiger charge is 2.37. The maximum atomic E-state index is 12.3. The lowest BCUT2D eigenvalue weighted by atomic mass is 9.79. The van der Waals surface area contributed by atoms with Gasteiger partial charge in [-0.25, -0.2) is 8.42 Å². The number of rotatable bonds is 6. The van der Waals surface area contributed by atoms with Crippen molar-refractivity contribution in [3.8, 4) is 0 Å². The van der Waals surface area contributed by atoms with Gasteiger partial charge in [0.15, 0.2) is 9.84 Å². The van der Waals surface area contributed by atoms with Crippen LogP contribution in [0.25, 0.3) is 0 Å². The van der Waals surface area contributed by atoms with Crippen LogP contribution in [0, 0.1) is 11.8 Å². The molecule has 0 N–H and O–H groups in total. The maximum Gasteiger partial charge on any atom is 0.155 e. The van der Waals surface area contributed by atoms with Crippen molar-refractivity contribution in [1.29, 1.82) is 0 Å². The molecule has 0 bridgehead atoms. The summed E-state index contributed by atoms with van der Waals surface area (Å²) in [5, 5.41) is -0.124. The molecule has 4 heteroatoms. The van der Waals surface area contributed by atoms with Gasteiger partial charge >= 0.3 is 0 Å². The third-order valence-corrected chi connectivity index (χ3v) is 6.41. The van der Waals surface area contributed by atoms with Crippen LogP contribution in [0.3, 0.4) is 0 Å². The highest BCUT2D eigenvalue weighted by Crippen LogP contribution is 2.36. The summed E-state index contributed by atoms with van der Waals surface area (Å²) < 4.78 is 29.5. The molecule has 1 aliphatic carbocycles. The van der Waals surface area contributed by atoms with Gasteiger partial charge in [0.1, 0.15) is 0 Å². The predicted molar refractivity (Wildman–Crippen MR) is 70.9 cm³/mol. The highest BCUT2D eigenvalue weighted by atomic mass is 32.2. The van der Waals surface area contributed by atoms with Crippen molar-refractivity contribution in [2.75, 3.05) is 19.5 Å². The minimum absolute atomic E-state index is 0.124. The summed E-state index contributed by atoms with van der Waals surface area (Å²) >= 11 is 0. The standard InChI is InChI=1S/C13H26O3S/c1-4-11(2)12-7-5-6-8-13(12)17(14,15)10-9-16-3/h11-13H,4-10H2,1-3H3. The van der Waals surface area contributed by atoms with Crippen molar-refractivity contribution >= 4 is 9.84 Å². The van der Waals surface area contributed by atoms with Gasteiger partial charge in [-0.1, -0.05) is 33.1 Å². The van der Waals surface area contributed by atoms with Gasteiger partial charge in [-0.05, 0) is 24.7 Å². The molecule has 0 heterocycles. The van der Waals surface area contributed by atoms with Gasteiger partial charge in [0.05, 0.1) is 17.6 Å². The number of hydrogen-bond donors (Lipinski definition) is 0. The van der Waals surface area contributed by atoms with Crippen molar-refractivity contribution in [2.24, 2.45) is 11.8 Å². The molecule has 17 heavy (non-hydrogen) atoms. The van der Waals surface area contributed by atoms with Crippen LogP contribution in [0.5, 0.6) is 0 Å². The molecule has 0 radical (unpaired) electrons. The molecule has 1 saturated carbocycles. The first-order valence-electron chi connectivity index (χ1n) is 6.73. The van der Waals surface area contributed by atoms with Crippen LogP contribution in [0.2, 0.25) is 0 Å². The lowest BCUT2D eigenvalue weighted by Crippen LogP contribution is -2.38. The first kappa shape index (κ1) is 15.0. The van der Waals surface area contributed by atoms with Crippen LogP contribution in [-0.2, 0) is 14.6 Å². The van der Waals surface area contributed by atoms with E-state index in [9.17, 15) is 8.42 Å². The second kappa shape index (κ2) is 6.74. The fourth-order valence-electron chi connectivity index (χ4n) is 2.88. The molecule has 3 nitrogen and oxygen atoms in total. The Morgan fingerprint density at radius 2 is 1.94 bits per heavy atom. The van der Waals surface area contributed by atoms with E-state index in [1.807, 2.05) is 0 Å². The SMILES string of the molecule is CCC(C)C1CCCCC1S(=O)(=O)CCOC. The molecule has 0 aromatic carbocycles. The Hall–Kier alpha value is -0.0900. The fourth-order valence-corrected chi connectivity index (χ4v) is 5.04. The Bertz CT molecular complexity index is 311. The smallest absolute Gasteiger partial charge is 0.155 e. The van der Waals surface area contributed by atoms with Gasteiger partial charge in [0.25, 0.3) is 0 Å². The van der Waals surface area contributed by atoms with E-state index >= 15 is 0 Å². The van der Waals surface area contributed by atoms with E-state index in [-0.39, 0.29) is 11.0 Å². The van der Waals surface area contributed by atoms with E-state index < -0.39 is 9.84 Å². The van der Waals surface area contributed by atoms with Crippen molar-refractivity contribution in [3.63, 3.8) is 0 Å². The molecule has 3 unspecified atom stereocenters. The molecule has 3 atom stereocenters. The monoisotopic (exact) mass is 262 g/mol. The zero-order chi connectivity index (χ0) is 12.9. The lowest BCUT2D eigenvalue weighted by Gasteiger charge is -2.35. The van der Waals surface area contributed by atoms with E-state index in [0.717, 1.165) is 25.7 Å². The zero-order valence-electron chi connectivity index (χ0n) is 11.3. The van der Waals surface area contributed by atoms with E-state index in [0.29, 0.717) is 18.4 Å². The molecule has 0 aliphatic heterocycles. The molecule has 1 aliphatic rings. The summed E-state index contributed by atoms with van der Waals surface area (Å²) in [5.74, 6) is 1.05. The second-order valence-corrected chi connectivity index (χ2v) is 7.57. The van der Waals surface area contributed by atoms with Crippen molar-refractivity contribution in [1.82, 2.24) is 0 Å². The third kappa shape index (κ3) is 3.95. The lowest BCUT2D eigenvalue weighted by molar-refractivity contribution is 0.214. The highest BCUT2D eigenvalue weighted by molar-refractivity contribution is 7.92. The number of methoxy groups -OCH3 is 1. The zero-order valence-corrected chi connectivity index (χ0v) is 12.1. The molecule has 0 amide bonds. The van der Waals surface area contributed by atoms with Crippen LogP contribution in [-0.4, -0.2) is 33.1 Å². The maximum absolute atomic E-state index is 12.3. The molecule has 1 fully saturated rings. The van der Waals surface area contributed by atoms with E-state index in [1.165, 1.54) is 6.42 Å². The summed E-state index contributed by atoms with van der Waals surface area (Å²) in [6.07, 6.45) is 5.24. The van der Waals surface area contributed by atoms with E-state index in [1.54, 1.807) is 7.11 Å². The molecule has 0 aromatic heterocycles. The molecular formula is C13H26O3S. The van der Waals surface area contributed by atoms with E-state index in [2.05, 4.69) is 13.8 Å². The average molecular weight is 262 g/mol. The molecule has 0 saturated heterocycles. The minimum Gasteiger partial charge on any atom is -0.384 e. The Balaban J connectivity index is 2.76. The minimum atomic E-state index is -2.97. The van der Waals surface area contributed by atoms with Gasteiger partial charge < -0.3 is 4.74 Å². The summed E-state index contributed by atoms with van der Waals surface area (Å²) in [6.45, 7) is 4.67. The Morgan fingerprint density at radius 1 is 1.29 bits per heavy atom. The molecule has 1 rings (SSSR count). The van der Waals surface area contributed by atoms with Gasteiger partial charge in [0.2, 0.25) is 0 Å². The molecule has 0 aromatic rings. The number of hydrogen-bond acceptors (Lipinski definition) is 3. The van der Waals surface area contributed by atoms with Gasteiger partial charge in [-0.3, -0.25) is 0 Å². The Labute approximate surface area is 106 Å². The van der Waals surface area contributed by atoms with Crippen LogP contribution in [0.15, 0.2) is 0 Å². The normalized spacial score (nSPS) is 27.9. The first-order chi connectivity index (χ1) is 8.03. The van der Waals surface area contributed by atoms with Gasteiger partial charge in [0, 0.05) is 7.11 Å². The van der Waals surface area contributed by atoms with Gasteiger partial charge in [-0.15, -0.1) is 0 Å². The summed E-state index contributed by atoms with van der Waals surface area (Å²) in [6, 6.07) is 0. The predicted octanol–water partition coefficient (Wildman–Crippen LogP) is 2.65. The molecule has 0 spiro atoms. The quantitative estimate of drug-likeness (QED) is 0.739. The van der Waals surface area contributed by atoms with Crippen LogP contribution in [0.1, 0.15) is 46.0 Å². The number of ether oxygens (including phenoxy) is 1. The topological polar surface area (TPSA) is 43.4 Å². The number of sulfone groups is 1. The first-order valence-corrected chi connectivity index (χ1v) is 8.45. The van der Waals surface area contributed by atoms with Crippen LogP contribution in [0.4, 0.5) is 0 Å². The van der Waals surface area contributed by atoms with Crippen molar-refractivity contribution in [3.05, 3.63) is 0 Å². The molecular weight excluding hydrogens is 236 g/mol. The summed E-state index contributed by atoms with van der Waals surface area (Å²) in [5.41, 5.74) is 0. The fraction of sp³-hybridized carbons (Fsp3) is 1.00. The Kier molecular flexibility index (Phi) is 5.93.